The third-order valence-corrected chi connectivity index (χ3v) is 5.93. The van der Waals surface area contributed by atoms with Crippen molar-refractivity contribution in [3.8, 4) is 0 Å². The Morgan fingerprint density at radius 3 is 2.75 bits per heavy atom. The van der Waals surface area contributed by atoms with Gasteiger partial charge in [-0.15, -0.1) is 0 Å². The third-order valence-electron chi connectivity index (χ3n) is 5.65. The lowest BCUT2D eigenvalue weighted by atomic mass is 9.85. The fourth-order valence-corrected chi connectivity index (χ4v) is 4.65. The van der Waals surface area contributed by atoms with Crippen LogP contribution in [0.4, 0.5) is 5.82 Å². The molecule has 6 heteroatoms. The maximum absolute atomic E-state index is 12.6. The van der Waals surface area contributed by atoms with Gasteiger partial charge in [0.1, 0.15) is 5.82 Å². The Balaban J connectivity index is 1.52. The SMILES string of the molecule is O=C(c1cnc(N2CC[C@H]3CCCC[C@H]32)c(Cl)c1)N1CCOCC1. The monoisotopic (exact) mass is 349 g/mol. The summed E-state index contributed by atoms with van der Waals surface area (Å²) in [6.07, 6.45) is 8.13. The number of anilines is 1. The van der Waals surface area contributed by atoms with Gasteiger partial charge in [-0.25, -0.2) is 4.98 Å². The van der Waals surface area contributed by atoms with Crippen molar-refractivity contribution in [2.75, 3.05) is 37.7 Å². The molecule has 0 spiro atoms. The predicted molar refractivity (Wildman–Crippen MR) is 93.7 cm³/mol. The molecule has 0 N–H and O–H groups in total. The quantitative estimate of drug-likeness (QED) is 0.823. The largest absolute Gasteiger partial charge is 0.378 e. The first-order chi connectivity index (χ1) is 11.7. The standard InChI is InChI=1S/C18H24ClN3O2/c19-15-11-14(18(23)21-7-9-24-10-8-21)12-20-17(15)22-6-5-13-3-1-2-4-16(13)22/h11-13,16H,1-10H2/t13-,16-/m1/s1. The number of nitrogens with zero attached hydrogens (tertiary/aromatic N) is 3. The van der Waals surface area contributed by atoms with Crippen LogP contribution in [0.1, 0.15) is 42.5 Å². The zero-order chi connectivity index (χ0) is 16.5. The van der Waals surface area contributed by atoms with Crippen molar-refractivity contribution in [3.05, 3.63) is 22.8 Å². The van der Waals surface area contributed by atoms with E-state index in [9.17, 15) is 4.79 Å². The van der Waals surface area contributed by atoms with Gasteiger partial charge in [-0.1, -0.05) is 24.4 Å². The minimum Gasteiger partial charge on any atom is -0.378 e. The highest BCUT2D eigenvalue weighted by Crippen LogP contribution is 2.40. The van der Waals surface area contributed by atoms with Crippen molar-refractivity contribution in [1.82, 2.24) is 9.88 Å². The molecule has 3 heterocycles. The van der Waals surface area contributed by atoms with Crippen molar-refractivity contribution in [3.63, 3.8) is 0 Å². The van der Waals surface area contributed by atoms with Gasteiger partial charge >= 0.3 is 0 Å². The van der Waals surface area contributed by atoms with Crippen LogP contribution < -0.4 is 4.90 Å². The summed E-state index contributed by atoms with van der Waals surface area (Å²) >= 11 is 6.52. The van der Waals surface area contributed by atoms with E-state index < -0.39 is 0 Å². The molecular weight excluding hydrogens is 326 g/mol. The van der Waals surface area contributed by atoms with Gasteiger partial charge in [-0.05, 0) is 31.2 Å². The molecule has 1 amide bonds. The summed E-state index contributed by atoms with van der Waals surface area (Å²) in [6, 6.07) is 2.36. The Kier molecular flexibility index (Phi) is 4.63. The summed E-state index contributed by atoms with van der Waals surface area (Å²) in [4.78, 5) is 21.3. The summed E-state index contributed by atoms with van der Waals surface area (Å²) in [7, 11) is 0. The predicted octanol–water partition coefficient (Wildman–Crippen LogP) is 2.98. The molecule has 2 aliphatic heterocycles. The number of hydrogen-bond acceptors (Lipinski definition) is 4. The van der Waals surface area contributed by atoms with Crippen LogP contribution in [-0.2, 0) is 4.74 Å². The minimum absolute atomic E-state index is 0.00350. The molecule has 3 aliphatic rings. The average molecular weight is 350 g/mol. The molecule has 4 rings (SSSR count). The minimum atomic E-state index is -0.00350. The molecule has 2 saturated heterocycles. The second-order valence-electron chi connectivity index (χ2n) is 7.03. The number of ether oxygens (including phenoxy) is 1. The summed E-state index contributed by atoms with van der Waals surface area (Å²) in [5, 5.41) is 0.598. The summed E-state index contributed by atoms with van der Waals surface area (Å²) < 4.78 is 5.30. The first kappa shape index (κ1) is 16.2. The molecule has 1 aromatic heterocycles. The molecule has 0 aromatic carbocycles. The zero-order valence-corrected chi connectivity index (χ0v) is 14.7. The third kappa shape index (κ3) is 3.00. The fraction of sp³-hybridized carbons (Fsp3) is 0.667. The van der Waals surface area contributed by atoms with Gasteiger partial charge in [0.2, 0.25) is 0 Å². The van der Waals surface area contributed by atoms with E-state index in [0.717, 1.165) is 18.3 Å². The van der Waals surface area contributed by atoms with Crippen LogP contribution in [0.15, 0.2) is 12.3 Å². The normalized spacial score (nSPS) is 27.2. The van der Waals surface area contributed by atoms with Crippen molar-refractivity contribution in [2.45, 2.75) is 38.1 Å². The lowest BCUT2D eigenvalue weighted by molar-refractivity contribution is 0.0302. The van der Waals surface area contributed by atoms with E-state index in [2.05, 4.69) is 9.88 Å². The molecular formula is C18H24ClN3O2. The number of morpholine rings is 1. The molecule has 1 saturated carbocycles. The molecule has 0 bridgehead atoms. The highest BCUT2D eigenvalue weighted by Gasteiger charge is 2.37. The number of halogens is 1. The molecule has 3 fully saturated rings. The molecule has 1 aromatic rings. The van der Waals surface area contributed by atoms with Crippen LogP contribution in [-0.4, -0.2) is 54.7 Å². The molecule has 24 heavy (non-hydrogen) atoms. The Bertz CT molecular complexity index is 618. The van der Waals surface area contributed by atoms with E-state index in [1.165, 1.54) is 32.1 Å². The highest BCUT2D eigenvalue weighted by molar-refractivity contribution is 6.33. The van der Waals surface area contributed by atoms with Crippen molar-refractivity contribution < 1.29 is 9.53 Å². The smallest absolute Gasteiger partial charge is 0.255 e. The number of rotatable bonds is 2. The highest BCUT2D eigenvalue weighted by atomic mass is 35.5. The van der Waals surface area contributed by atoms with Gasteiger partial charge in [-0.3, -0.25) is 4.79 Å². The van der Waals surface area contributed by atoms with Gasteiger partial charge in [0.15, 0.2) is 0 Å². The maximum atomic E-state index is 12.6. The summed E-state index contributed by atoms with van der Waals surface area (Å²) in [5.41, 5.74) is 0.574. The number of amides is 1. The second-order valence-corrected chi connectivity index (χ2v) is 7.44. The van der Waals surface area contributed by atoms with Gasteiger partial charge in [0, 0.05) is 31.9 Å². The first-order valence-electron chi connectivity index (χ1n) is 9.03. The summed E-state index contributed by atoms with van der Waals surface area (Å²) in [6.45, 7) is 3.49. The lowest BCUT2D eigenvalue weighted by Crippen LogP contribution is -2.40. The van der Waals surface area contributed by atoms with Crippen LogP contribution in [0.2, 0.25) is 5.02 Å². The maximum Gasteiger partial charge on any atom is 0.255 e. The lowest BCUT2D eigenvalue weighted by Gasteiger charge is -2.33. The van der Waals surface area contributed by atoms with Gasteiger partial charge in [-0.2, -0.15) is 0 Å². The molecule has 130 valence electrons. The van der Waals surface area contributed by atoms with E-state index in [1.807, 2.05) is 4.90 Å². The van der Waals surface area contributed by atoms with E-state index in [-0.39, 0.29) is 5.91 Å². The Hall–Kier alpha value is -1.33. The average Bonchev–Trinajstić information content (AvgIpc) is 3.06. The van der Waals surface area contributed by atoms with E-state index in [1.54, 1.807) is 12.3 Å². The number of fused-ring (bicyclic) bond motifs is 1. The van der Waals surface area contributed by atoms with Crippen LogP contribution in [0.3, 0.4) is 0 Å². The van der Waals surface area contributed by atoms with Crippen molar-refractivity contribution >= 4 is 23.3 Å². The molecule has 2 atom stereocenters. The van der Waals surface area contributed by atoms with Gasteiger partial charge in [0.05, 0.1) is 23.8 Å². The first-order valence-corrected chi connectivity index (χ1v) is 9.41. The van der Waals surface area contributed by atoms with Gasteiger partial charge < -0.3 is 14.5 Å². The Morgan fingerprint density at radius 1 is 1.17 bits per heavy atom. The molecule has 1 aliphatic carbocycles. The van der Waals surface area contributed by atoms with Crippen LogP contribution in [0, 0.1) is 5.92 Å². The second kappa shape index (κ2) is 6.89. The van der Waals surface area contributed by atoms with Crippen LogP contribution in [0.25, 0.3) is 0 Å². The van der Waals surface area contributed by atoms with Gasteiger partial charge in [0.25, 0.3) is 5.91 Å². The number of aromatic nitrogens is 1. The molecule has 0 radical (unpaired) electrons. The van der Waals surface area contributed by atoms with E-state index >= 15 is 0 Å². The van der Waals surface area contributed by atoms with E-state index in [4.69, 9.17) is 16.3 Å². The van der Waals surface area contributed by atoms with Crippen LogP contribution in [0.5, 0.6) is 0 Å². The fourth-order valence-electron chi connectivity index (χ4n) is 4.38. The number of hydrogen-bond donors (Lipinski definition) is 0. The summed E-state index contributed by atoms with van der Waals surface area (Å²) in [5.74, 6) is 1.63. The molecule has 5 nitrogen and oxygen atoms in total. The topological polar surface area (TPSA) is 45.7 Å². The molecule has 0 unspecified atom stereocenters. The van der Waals surface area contributed by atoms with Crippen molar-refractivity contribution in [1.29, 1.82) is 0 Å². The van der Waals surface area contributed by atoms with Crippen LogP contribution >= 0.6 is 11.6 Å². The zero-order valence-electron chi connectivity index (χ0n) is 13.9. The Morgan fingerprint density at radius 2 is 1.96 bits per heavy atom. The number of carbonyl (C=O) groups excluding carboxylic acids is 1. The number of carbonyl (C=O) groups is 1. The van der Waals surface area contributed by atoms with E-state index in [0.29, 0.717) is 42.9 Å². The number of pyridine rings is 1. The Labute approximate surface area is 147 Å². The van der Waals surface area contributed by atoms with Crippen molar-refractivity contribution in [2.24, 2.45) is 5.92 Å².